The summed E-state index contributed by atoms with van der Waals surface area (Å²) >= 11 is 0. The average molecular weight is 905 g/mol. The molecular formula is C48H34N4U. The number of fused-ring (bicyclic) bond motifs is 6. The Bertz CT molecular complexity index is 2800. The van der Waals surface area contributed by atoms with Gasteiger partial charge in [-0.1, -0.05) is 121 Å². The summed E-state index contributed by atoms with van der Waals surface area (Å²) in [6.07, 6.45) is 0. The van der Waals surface area contributed by atoms with Crippen molar-refractivity contribution in [2.24, 2.45) is 15.7 Å². The first kappa shape index (κ1) is 34.4. The minimum absolute atomic E-state index is 0. The van der Waals surface area contributed by atoms with Gasteiger partial charge in [0, 0.05) is 27.4 Å². The number of hydrogen-bond donors (Lipinski definition) is 1. The molecule has 4 nitrogen and oxygen atoms in total. The Hall–Kier alpha value is -5.73. The third-order valence-electron chi connectivity index (χ3n) is 9.85. The fourth-order valence-electron chi connectivity index (χ4n) is 7.16. The molecule has 9 rings (SSSR count). The fourth-order valence-corrected chi connectivity index (χ4v) is 7.16. The maximum Gasteiger partial charge on any atom is 2.00 e. The van der Waals surface area contributed by atoms with Gasteiger partial charge in [0.1, 0.15) is 0 Å². The summed E-state index contributed by atoms with van der Waals surface area (Å²) in [5, 5.41) is 7.30. The topological polar surface area (TPSA) is 55.7 Å². The number of rotatable bonds is 6. The summed E-state index contributed by atoms with van der Waals surface area (Å²) in [6.45, 7) is 2.08. The first-order valence-corrected chi connectivity index (χ1v) is 17.5. The summed E-state index contributed by atoms with van der Waals surface area (Å²) < 4.78 is 2.33. The third kappa shape index (κ3) is 6.59. The molecule has 0 aliphatic carbocycles. The molecule has 0 radical (unpaired) electrons. The normalized spacial score (nSPS) is 12.7. The number of nitrogens with two attached hydrogens (primary N) is 1. The summed E-state index contributed by atoms with van der Waals surface area (Å²) in [7, 11) is 0. The van der Waals surface area contributed by atoms with E-state index in [0.717, 1.165) is 44.3 Å². The molecule has 9 aromatic rings. The van der Waals surface area contributed by atoms with Gasteiger partial charge < -0.3 is 10.3 Å². The zero-order valence-corrected chi connectivity index (χ0v) is 33.3. The molecule has 1 atom stereocenters. The molecule has 0 fully saturated rings. The molecule has 0 spiro atoms. The van der Waals surface area contributed by atoms with Crippen LogP contribution in [0.5, 0.6) is 0 Å². The molecule has 5 heteroatoms. The molecule has 0 saturated carbocycles. The Balaban J connectivity index is 0.00000400. The van der Waals surface area contributed by atoms with Gasteiger partial charge in [0.25, 0.3) is 0 Å². The zero-order valence-electron chi connectivity index (χ0n) is 29.2. The van der Waals surface area contributed by atoms with E-state index in [1.807, 2.05) is 48.5 Å². The fraction of sp³-hybridized carbons (Fsp3) is 0.0417. The van der Waals surface area contributed by atoms with Gasteiger partial charge in [0.05, 0.1) is 11.9 Å². The Morgan fingerprint density at radius 2 is 1.23 bits per heavy atom. The van der Waals surface area contributed by atoms with E-state index >= 15 is 0 Å². The summed E-state index contributed by atoms with van der Waals surface area (Å²) in [5.74, 6) is 0.971. The second-order valence-electron chi connectivity index (χ2n) is 13.1. The maximum absolute atomic E-state index is 6.69. The zero-order chi connectivity index (χ0) is 35.0. The van der Waals surface area contributed by atoms with Gasteiger partial charge in [-0.15, -0.1) is 24.3 Å². The van der Waals surface area contributed by atoms with Gasteiger partial charge >= 0.3 is 31.1 Å². The molecule has 8 aromatic carbocycles. The van der Waals surface area contributed by atoms with Crippen molar-refractivity contribution in [3.05, 3.63) is 199 Å². The average Bonchev–Trinajstić information content (AvgIpc) is 3.55. The molecule has 2 N–H and O–H groups in total. The third-order valence-corrected chi connectivity index (χ3v) is 9.85. The van der Waals surface area contributed by atoms with E-state index < -0.39 is 0 Å². The van der Waals surface area contributed by atoms with E-state index in [-0.39, 0.29) is 37.2 Å². The molecule has 0 aliphatic heterocycles. The van der Waals surface area contributed by atoms with Crippen molar-refractivity contribution >= 4 is 55.0 Å². The number of hydrogen-bond acceptors (Lipinski definition) is 1. The SMILES string of the molecule is CC(N=C(N=C(N)c1c[c-]c(-c2[c-]cc(-n3c4ccccc4c4c5ccccc5ccc43)cc2)cc1)c1ccc2ccccc2c1)c1ccccc1.[U+2]. The van der Waals surface area contributed by atoms with Gasteiger partial charge in [-0.3, -0.25) is 4.99 Å². The molecule has 1 heterocycles. The van der Waals surface area contributed by atoms with Crippen LogP contribution in [0.2, 0.25) is 0 Å². The summed E-state index contributed by atoms with van der Waals surface area (Å²) in [6, 6.07) is 65.6. The van der Waals surface area contributed by atoms with E-state index in [1.54, 1.807) is 0 Å². The van der Waals surface area contributed by atoms with Crippen molar-refractivity contribution in [2.75, 3.05) is 0 Å². The second kappa shape index (κ2) is 14.7. The first-order chi connectivity index (χ1) is 25.6. The summed E-state index contributed by atoms with van der Waals surface area (Å²) in [4.78, 5) is 9.98. The van der Waals surface area contributed by atoms with Crippen molar-refractivity contribution in [1.82, 2.24) is 4.57 Å². The smallest absolute Gasteiger partial charge is 0.391 e. The number of aliphatic imine (C=N–C) groups is 2. The van der Waals surface area contributed by atoms with Gasteiger partial charge in [-0.2, -0.15) is 24.3 Å². The van der Waals surface area contributed by atoms with Crippen LogP contribution in [0.4, 0.5) is 0 Å². The van der Waals surface area contributed by atoms with Gasteiger partial charge in [0.15, 0.2) is 5.84 Å². The van der Waals surface area contributed by atoms with Crippen LogP contribution in [-0.4, -0.2) is 16.2 Å². The minimum Gasteiger partial charge on any atom is -0.391 e. The van der Waals surface area contributed by atoms with Gasteiger partial charge in [0.2, 0.25) is 0 Å². The maximum atomic E-state index is 6.69. The number of nitrogens with zero attached hydrogens (tertiary/aromatic N) is 3. The first-order valence-electron chi connectivity index (χ1n) is 17.5. The number of para-hydroxylation sites is 1. The Morgan fingerprint density at radius 3 is 1.98 bits per heavy atom. The van der Waals surface area contributed by atoms with E-state index in [9.17, 15) is 0 Å². The molecule has 1 aromatic heterocycles. The molecule has 0 bridgehead atoms. The number of benzene rings is 8. The van der Waals surface area contributed by atoms with Crippen LogP contribution >= 0.6 is 0 Å². The van der Waals surface area contributed by atoms with Crippen LogP contribution in [0.3, 0.4) is 0 Å². The molecule has 0 saturated heterocycles. The van der Waals surface area contributed by atoms with Crippen molar-refractivity contribution in [2.45, 2.75) is 13.0 Å². The van der Waals surface area contributed by atoms with E-state index in [4.69, 9.17) is 15.7 Å². The second-order valence-corrected chi connectivity index (χ2v) is 13.1. The van der Waals surface area contributed by atoms with E-state index in [2.05, 4.69) is 145 Å². The number of aromatic nitrogens is 1. The van der Waals surface area contributed by atoms with Crippen LogP contribution in [0.25, 0.3) is 60.2 Å². The molecule has 53 heavy (non-hydrogen) atoms. The number of amidine groups is 2. The largest absolute Gasteiger partial charge is 2.00 e. The van der Waals surface area contributed by atoms with E-state index in [1.165, 1.54) is 32.6 Å². The Labute approximate surface area is 332 Å². The minimum atomic E-state index is -0.103. The molecular weight excluding hydrogens is 871 g/mol. The van der Waals surface area contributed by atoms with Crippen LogP contribution in [0.15, 0.2) is 180 Å². The van der Waals surface area contributed by atoms with Crippen LogP contribution in [0.1, 0.15) is 29.7 Å². The van der Waals surface area contributed by atoms with Crippen molar-refractivity contribution in [3.8, 4) is 16.8 Å². The van der Waals surface area contributed by atoms with Gasteiger partial charge in [-0.25, -0.2) is 16.1 Å². The van der Waals surface area contributed by atoms with Crippen LogP contribution in [0, 0.1) is 43.2 Å². The molecule has 250 valence electrons. The van der Waals surface area contributed by atoms with Gasteiger partial charge in [-0.05, 0) is 57.9 Å². The van der Waals surface area contributed by atoms with Crippen molar-refractivity contribution < 1.29 is 31.1 Å². The predicted molar refractivity (Wildman–Crippen MR) is 217 cm³/mol. The van der Waals surface area contributed by atoms with Crippen molar-refractivity contribution in [3.63, 3.8) is 0 Å². The molecule has 0 amide bonds. The predicted octanol–water partition coefficient (Wildman–Crippen LogP) is 11.3. The standard InChI is InChI=1S/C48H34N4.U/c1-32(33-11-3-2-4-12-33)50-48(40-24-21-34-13-5-6-15-39(34)31-40)51-47(49)38-22-19-35(20-23-38)36-25-28-41(29-26-36)52-44-18-10-9-17-43(44)46-42-16-8-7-14-37(42)27-30-45(46)52;/h2-19,21-25,27-32H,1H3,(H2,49,50,51);/q-2;+2. The Morgan fingerprint density at radius 1 is 0.585 bits per heavy atom. The quantitative estimate of drug-likeness (QED) is 0.101. The van der Waals surface area contributed by atoms with E-state index in [0.29, 0.717) is 11.7 Å². The van der Waals surface area contributed by atoms with Crippen LogP contribution < -0.4 is 5.73 Å². The molecule has 0 aliphatic rings. The molecule has 1 unspecified atom stereocenters. The van der Waals surface area contributed by atoms with Crippen LogP contribution in [-0.2, 0) is 0 Å². The Kier molecular flexibility index (Phi) is 9.54. The van der Waals surface area contributed by atoms with Crippen molar-refractivity contribution in [1.29, 1.82) is 0 Å². The summed E-state index contributed by atoms with van der Waals surface area (Å²) in [5.41, 5.74) is 14.8. The monoisotopic (exact) mass is 904 g/mol.